The number of hydrogen-bond acceptors (Lipinski definition) is 16. The molecule has 72 heavy (non-hydrogen) atoms. The van der Waals surface area contributed by atoms with Crippen LogP contribution in [0.3, 0.4) is 0 Å². The molecular weight excluding hydrogens is 1040 g/mol. The Balaban J connectivity index is 1.08. The zero-order valence-corrected chi connectivity index (χ0v) is 43.9. The molecule has 0 amide bonds. The quantitative estimate of drug-likeness (QED) is 0.144. The van der Waals surface area contributed by atoms with Crippen LogP contribution in [0, 0.1) is 0 Å². The van der Waals surface area contributed by atoms with Crippen molar-refractivity contribution in [1.29, 1.82) is 0 Å². The van der Waals surface area contributed by atoms with E-state index in [4.69, 9.17) is 0 Å². The summed E-state index contributed by atoms with van der Waals surface area (Å²) >= 11 is 14.8. The van der Waals surface area contributed by atoms with Crippen LogP contribution < -0.4 is 0 Å². The number of aromatic nitrogens is 8. The molecule has 0 aromatic carbocycles. The summed E-state index contributed by atoms with van der Waals surface area (Å²) in [6.45, 7) is 0. The summed E-state index contributed by atoms with van der Waals surface area (Å²) in [6.07, 6.45) is 30.1. The van der Waals surface area contributed by atoms with E-state index >= 15 is 0 Å². The molecule has 0 N–H and O–H groups in total. The molecule has 8 aromatic rings. The highest BCUT2D eigenvalue weighted by molar-refractivity contribution is 8.36. The molecule has 8 nitrogen and oxygen atoms in total. The predicted octanol–water partition coefficient (Wildman–Crippen LogP) is 16.0. The van der Waals surface area contributed by atoms with Crippen molar-refractivity contribution in [2.45, 2.75) is 0 Å². The summed E-state index contributed by atoms with van der Waals surface area (Å²) in [6, 6.07) is 33.9. The van der Waals surface area contributed by atoms with E-state index in [1.54, 1.807) is 0 Å². The normalized spacial score (nSPS) is 17.1. The van der Waals surface area contributed by atoms with Gasteiger partial charge in [0.15, 0.2) is 0 Å². The summed E-state index contributed by atoms with van der Waals surface area (Å²) in [4.78, 5) is 45.0. The minimum Gasteiger partial charge on any atom is -0.265 e. The maximum atomic E-state index is 4.43. The Labute approximate surface area is 449 Å². The second-order valence-electron chi connectivity index (χ2n) is 16.0. The first kappa shape index (κ1) is 45.8. The molecule has 0 atom stereocenters. The van der Waals surface area contributed by atoms with E-state index in [0.29, 0.717) is 0 Å². The number of pyridine rings is 8. The molecule has 13 rings (SSSR count). The van der Waals surface area contributed by atoms with Crippen molar-refractivity contribution in [2.75, 3.05) is 0 Å². The highest BCUT2D eigenvalue weighted by Crippen LogP contribution is 2.73. The molecule has 5 aliphatic rings. The van der Waals surface area contributed by atoms with Gasteiger partial charge in [-0.25, -0.2) is 0 Å². The lowest BCUT2D eigenvalue weighted by Crippen LogP contribution is -2.17. The SMILES string of the molecule is c1cc(C2=C(c3ccncc3)SC(=C3C(=C4SC(c5ccncc5)=C(c5ccncc5)S4)C(=C4SC(c5ccncc5)=C(c5ccncc5)S4)C3=C3SC(c4ccncc4)=C(c4ccncc4)S3)S2)ccn1. The van der Waals surface area contributed by atoms with Gasteiger partial charge in [-0.3, -0.25) is 39.9 Å². The zero-order valence-electron chi connectivity index (χ0n) is 37.3. The van der Waals surface area contributed by atoms with Crippen LogP contribution in [0.5, 0.6) is 0 Å². The molecule has 0 bridgehead atoms. The third-order valence-electron chi connectivity index (χ3n) is 11.7. The second kappa shape index (κ2) is 20.4. The van der Waals surface area contributed by atoms with Gasteiger partial charge in [0.05, 0.1) is 16.9 Å². The third kappa shape index (κ3) is 8.76. The molecular formula is C56H32N8S8. The maximum absolute atomic E-state index is 4.43. The summed E-state index contributed by atoms with van der Waals surface area (Å²) < 4.78 is 4.89. The molecule has 0 saturated heterocycles. The van der Waals surface area contributed by atoms with Gasteiger partial charge in [0.25, 0.3) is 0 Å². The fourth-order valence-corrected chi connectivity index (χ4v) is 19.7. The lowest BCUT2D eigenvalue weighted by atomic mass is 9.78. The Morgan fingerprint density at radius 1 is 0.167 bits per heavy atom. The van der Waals surface area contributed by atoms with E-state index in [1.807, 2.05) is 193 Å². The van der Waals surface area contributed by atoms with Gasteiger partial charge in [0.1, 0.15) is 0 Å². The number of nitrogens with zero attached hydrogens (tertiary/aromatic N) is 8. The minimum absolute atomic E-state index is 1.12. The average molecular weight is 1070 g/mol. The van der Waals surface area contributed by atoms with E-state index in [9.17, 15) is 0 Å². The molecule has 344 valence electrons. The van der Waals surface area contributed by atoms with Crippen molar-refractivity contribution >= 4 is 133 Å². The predicted molar refractivity (Wildman–Crippen MR) is 310 cm³/mol. The molecule has 1 fully saturated rings. The number of thioether (sulfide) groups is 8. The zero-order chi connectivity index (χ0) is 47.8. The molecule has 1 saturated carbocycles. The minimum atomic E-state index is 1.12. The van der Waals surface area contributed by atoms with Gasteiger partial charge < -0.3 is 0 Å². The van der Waals surface area contributed by atoms with Crippen LogP contribution in [0.2, 0.25) is 0 Å². The first-order valence-electron chi connectivity index (χ1n) is 22.3. The first-order valence-corrected chi connectivity index (χ1v) is 28.9. The molecule has 0 unspecified atom stereocenters. The Morgan fingerprint density at radius 2 is 0.278 bits per heavy atom. The Morgan fingerprint density at radius 3 is 0.389 bits per heavy atom. The molecule has 1 aliphatic carbocycles. The molecule has 8 aromatic heterocycles. The summed E-state index contributed by atoms with van der Waals surface area (Å²) in [5.41, 5.74) is 14.0. The van der Waals surface area contributed by atoms with Gasteiger partial charge in [-0.1, -0.05) is 94.1 Å². The van der Waals surface area contributed by atoms with Gasteiger partial charge in [0.2, 0.25) is 0 Å². The Kier molecular flexibility index (Phi) is 13.0. The van der Waals surface area contributed by atoms with Crippen LogP contribution in [0.25, 0.3) is 39.2 Å². The summed E-state index contributed by atoms with van der Waals surface area (Å²) in [7, 11) is 0. The number of hydrogen-bond donors (Lipinski definition) is 0. The van der Waals surface area contributed by atoms with Gasteiger partial charge in [-0.2, -0.15) is 0 Å². The van der Waals surface area contributed by atoms with E-state index < -0.39 is 0 Å². The standard InChI is InChI=1S/C56H32N8S8/c1-17-57-18-2-33(1)45-46(34-3-19-58-20-4-34)66-53(65-45)41-42(54-67-47(35-5-21-59-22-6-35)48(68-54)36-7-23-60-24-8-36)44(56-71-51(39-13-29-63-30-14-39)52(72-56)40-15-31-64-32-16-40)43(41)55-69-49(37-9-25-61-26-10-37)50(70-55)38-11-27-62-28-12-38/h1-32H. The van der Waals surface area contributed by atoms with Gasteiger partial charge in [0, 0.05) is 161 Å². The van der Waals surface area contributed by atoms with Crippen molar-refractivity contribution in [2.24, 2.45) is 0 Å². The Bertz CT molecular complexity index is 2960. The largest absolute Gasteiger partial charge is 0.265 e. The monoisotopic (exact) mass is 1070 g/mol. The Hall–Kier alpha value is -6.08. The topological polar surface area (TPSA) is 103 Å². The van der Waals surface area contributed by atoms with Crippen LogP contribution in [-0.2, 0) is 0 Å². The van der Waals surface area contributed by atoms with Crippen LogP contribution in [-0.4, -0.2) is 39.9 Å². The van der Waals surface area contributed by atoms with Gasteiger partial charge in [-0.15, -0.1) is 0 Å². The van der Waals surface area contributed by atoms with Crippen molar-refractivity contribution < 1.29 is 0 Å². The van der Waals surface area contributed by atoms with E-state index in [1.165, 1.54) is 78.5 Å². The molecule has 0 radical (unpaired) electrons. The van der Waals surface area contributed by atoms with Crippen molar-refractivity contribution in [3.05, 3.63) is 280 Å². The van der Waals surface area contributed by atoms with Gasteiger partial charge >= 0.3 is 0 Å². The van der Waals surface area contributed by atoms with Crippen LogP contribution in [0.4, 0.5) is 0 Å². The third-order valence-corrected chi connectivity index (χ3v) is 22.5. The van der Waals surface area contributed by atoms with Crippen LogP contribution >= 0.6 is 94.1 Å². The highest BCUT2D eigenvalue weighted by atomic mass is 32.2. The highest BCUT2D eigenvalue weighted by Gasteiger charge is 2.47. The van der Waals surface area contributed by atoms with E-state index in [2.05, 4.69) is 137 Å². The average Bonchev–Trinajstić information content (AvgIpc) is 4.29. The van der Waals surface area contributed by atoms with E-state index in [-0.39, 0.29) is 0 Å². The lowest BCUT2D eigenvalue weighted by molar-refractivity contribution is 1.25. The molecule has 4 aliphatic heterocycles. The van der Waals surface area contributed by atoms with Crippen molar-refractivity contribution in [1.82, 2.24) is 39.9 Å². The fraction of sp³-hybridized carbons (Fsp3) is 0. The second-order valence-corrected chi connectivity index (χ2v) is 25.2. The summed E-state index contributed by atoms with van der Waals surface area (Å²) in [5, 5.41) is 0. The van der Waals surface area contributed by atoms with Crippen LogP contribution in [0.1, 0.15) is 44.5 Å². The van der Waals surface area contributed by atoms with Gasteiger partial charge in [-0.05, 0) is 142 Å². The van der Waals surface area contributed by atoms with Crippen LogP contribution in [0.15, 0.2) is 235 Å². The maximum Gasteiger partial charge on any atom is 0.0586 e. The lowest BCUT2D eigenvalue weighted by Gasteiger charge is -2.35. The molecule has 16 heteroatoms. The van der Waals surface area contributed by atoms with E-state index in [0.717, 1.165) is 44.5 Å². The molecule has 12 heterocycles. The van der Waals surface area contributed by atoms with Crippen molar-refractivity contribution in [3.63, 3.8) is 0 Å². The number of rotatable bonds is 8. The smallest absolute Gasteiger partial charge is 0.0586 e. The first-order chi connectivity index (χ1) is 35.7. The molecule has 0 spiro atoms. The fourth-order valence-electron chi connectivity index (χ4n) is 8.40. The summed E-state index contributed by atoms with van der Waals surface area (Å²) in [5.74, 6) is 0. The van der Waals surface area contributed by atoms with Crippen molar-refractivity contribution in [3.8, 4) is 0 Å². The number of allylic oxidation sites excluding steroid dienone is 4.